The number of hydrogen-bond acceptors (Lipinski definition) is 6. The van der Waals surface area contributed by atoms with Crippen LogP contribution in [0.1, 0.15) is 33.5 Å². The SMILES string of the molecule is CC(Cc1cccc(O)c1)NC(=O)c1cnc(C2OCCO2)s1. The highest BCUT2D eigenvalue weighted by molar-refractivity contribution is 7.13. The monoisotopic (exact) mass is 334 g/mol. The van der Waals surface area contributed by atoms with Crippen LogP contribution in [0.3, 0.4) is 0 Å². The molecule has 2 heterocycles. The number of amides is 1. The molecule has 23 heavy (non-hydrogen) atoms. The summed E-state index contributed by atoms with van der Waals surface area (Å²) in [5.74, 6) is 0.0593. The first-order valence-corrected chi connectivity index (χ1v) is 8.21. The van der Waals surface area contributed by atoms with Crippen LogP contribution in [0, 0.1) is 0 Å². The Morgan fingerprint density at radius 3 is 3.00 bits per heavy atom. The van der Waals surface area contributed by atoms with Crippen molar-refractivity contribution >= 4 is 17.2 Å². The van der Waals surface area contributed by atoms with Gasteiger partial charge in [-0.25, -0.2) is 4.98 Å². The van der Waals surface area contributed by atoms with Crippen LogP contribution in [-0.2, 0) is 15.9 Å². The van der Waals surface area contributed by atoms with Crippen LogP contribution in [0.4, 0.5) is 0 Å². The molecule has 1 amide bonds. The van der Waals surface area contributed by atoms with E-state index in [0.29, 0.717) is 29.5 Å². The molecule has 0 radical (unpaired) electrons. The Labute approximate surface area is 138 Å². The molecular formula is C16H18N2O4S. The third-order valence-corrected chi connectivity index (χ3v) is 4.42. The lowest BCUT2D eigenvalue weighted by Gasteiger charge is -2.13. The summed E-state index contributed by atoms with van der Waals surface area (Å²) < 4.78 is 10.7. The fourth-order valence-corrected chi connectivity index (χ4v) is 3.21. The molecule has 0 bridgehead atoms. The van der Waals surface area contributed by atoms with E-state index < -0.39 is 6.29 Å². The zero-order valence-electron chi connectivity index (χ0n) is 12.7. The second-order valence-corrected chi connectivity index (χ2v) is 6.45. The molecule has 1 atom stereocenters. The number of carbonyl (C=O) groups is 1. The Morgan fingerprint density at radius 1 is 1.48 bits per heavy atom. The lowest BCUT2D eigenvalue weighted by Crippen LogP contribution is -2.33. The molecule has 2 N–H and O–H groups in total. The lowest BCUT2D eigenvalue weighted by molar-refractivity contribution is -0.0442. The van der Waals surface area contributed by atoms with Crippen LogP contribution >= 0.6 is 11.3 Å². The highest BCUT2D eigenvalue weighted by Crippen LogP contribution is 2.27. The van der Waals surface area contributed by atoms with Gasteiger partial charge in [-0.1, -0.05) is 12.1 Å². The van der Waals surface area contributed by atoms with Crippen molar-refractivity contribution < 1.29 is 19.4 Å². The van der Waals surface area contributed by atoms with Crippen LogP contribution in [0.25, 0.3) is 0 Å². The van der Waals surface area contributed by atoms with Crippen molar-refractivity contribution in [3.8, 4) is 5.75 Å². The second-order valence-electron chi connectivity index (χ2n) is 5.38. The Hall–Kier alpha value is -1.96. The van der Waals surface area contributed by atoms with Gasteiger partial charge in [-0.2, -0.15) is 0 Å². The molecule has 2 aromatic rings. The van der Waals surface area contributed by atoms with Crippen molar-refractivity contribution in [3.05, 3.63) is 45.9 Å². The van der Waals surface area contributed by atoms with E-state index in [2.05, 4.69) is 10.3 Å². The summed E-state index contributed by atoms with van der Waals surface area (Å²) in [7, 11) is 0. The average molecular weight is 334 g/mol. The number of nitrogens with zero attached hydrogens (tertiary/aromatic N) is 1. The Morgan fingerprint density at radius 2 is 2.26 bits per heavy atom. The van der Waals surface area contributed by atoms with Gasteiger partial charge in [-0.3, -0.25) is 4.79 Å². The molecule has 0 aliphatic carbocycles. The first kappa shape index (κ1) is 15.9. The van der Waals surface area contributed by atoms with Gasteiger partial charge < -0.3 is 19.9 Å². The van der Waals surface area contributed by atoms with Crippen molar-refractivity contribution in [1.82, 2.24) is 10.3 Å². The van der Waals surface area contributed by atoms with E-state index in [1.165, 1.54) is 11.3 Å². The maximum absolute atomic E-state index is 12.3. The van der Waals surface area contributed by atoms with Gasteiger partial charge in [0.25, 0.3) is 5.91 Å². The number of nitrogens with one attached hydrogen (secondary N) is 1. The molecule has 1 saturated heterocycles. The van der Waals surface area contributed by atoms with Gasteiger partial charge >= 0.3 is 0 Å². The minimum Gasteiger partial charge on any atom is -0.508 e. The highest BCUT2D eigenvalue weighted by Gasteiger charge is 2.23. The minimum absolute atomic E-state index is 0.0613. The maximum atomic E-state index is 12.3. The third-order valence-electron chi connectivity index (χ3n) is 3.40. The predicted octanol–water partition coefficient (Wildman–Crippen LogP) is 2.26. The Balaban J connectivity index is 1.58. The summed E-state index contributed by atoms with van der Waals surface area (Å²) in [5, 5.41) is 13.1. The van der Waals surface area contributed by atoms with Gasteiger partial charge in [-0.05, 0) is 31.0 Å². The zero-order valence-corrected chi connectivity index (χ0v) is 13.5. The Bertz CT molecular complexity index is 682. The van der Waals surface area contributed by atoms with E-state index in [1.807, 2.05) is 13.0 Å². The van der Waals surface area contributed by atoms with Crippen molar-refractivity contribution in [1.29, 1.82) is 0 Å². The zero-order chi connectivity index (χ0) is 16.2. The number of aromatic hydroxyl groups is 1. The molecule has 6 nitrogen and oxygen atoms in total. The fourth-order valence-electron chi connectivity index (χ4n) is 2.39. The van der Waals surface area contributed by atoms with E-state index in [9.17, 15) is 9.90 Å². The molecule has 0 saturated carbocycles. The first-order chi connectivity index (χ1) is 11.1. The average Bonchev–Trinajstić information content (AvgIpc) is 3.18. The summed E-state index contributed by atoms with van der Waals surface area (Å²) in [5.41, 5.74) is 0.968. The van der Waals surface area contributed by atoms with E-state index in [1.54, 1.807) is 24.4 Å². The maximum Gasteiger partial charge on any atom is 0.263 e. The topological polar surface area (TPSA) is 80.7 Å². The number of phenolic OH excluding ortho intramolecular Hbond substituents is 1. The number of rotatable bonds is 5. The molecule has 7 heteroatoms. The molecule has 1 aromatic heterocycles. The first-order valence-electron chi connectivity index (χ1n) is 7.39. The summed E-state index contributed by atoms with van der Waals surface area (Å²) in [6.07, 6.45) is 1.73. The van der Waals surface area contributed by atoms with Crippen LogP contribution in [0.15, 0.2) is 30.5 Å². The number of benzene rings is 1. The van der Waals surface area contributed by atoms with E-state index in [4.69, 9.17) is 9.47 Å². The van der Waals surface area contributed by atoms with Crippen molar-refractivity contribution in [2.45, 2.75) is 25.7 Å². The number of ether oxygens (including phenoxy) is 2. The molecule has 1 unspecified atom stereocenters. The van der Waals surface area contributed by atoms with Crippen LogP contribution in [-0.4, -0.2) is 35.3 Å². The predicted molar refractivity (Wildman–Crippen MR) is 85.5 cm³/mol. The number of carbonyl (C=O) groups excluding carboxylic acids is 1. The van der Waals surface area contributed by atoms with E-state index >= 15 is 0 Å². The van der Waals surface area contributed by atoms with Gasteiger partial charge in [0.15, 0.2) is 0 Å². The molecule has 0 spiro atoms. The summed E-state index contributed by atoms with van der Waals surface area (Å²) >= 11 is 1.28. The van der Waals surface area contributed by atoms with Gasteiger partial charge in [0.2, 0.25) is 6.29 Å². The summed E-state index contributed by atoms with van der Waals surface area (Å²) in [6.45, 7) is 3.02. The largest absolute Gasteiger partial charge is 0.508 e. The standard InChI is InChI=1S/C16H18N2O4S/c1-10(7-11-3-2-4-12(19)8-11)18-14(20)13-9-17-15(23-13)16-21-5-6-22-16/h2-4,8-10,16,19H,5-7H2,1H3,(H,18,20). The Kier molecular flexibility index (Phi) is 4.90. The number of aromatic nitrogens is 1. The molecule has 1 fully saturated rings. The van der Waals surface area contributed by atoms with Gasteiger partial charge in [0.1, 0.15) is 15.6 Å². The van der Waals surface area contributed by atoms with Gasteiger partial charge in [0, 0.05) is 6.04 Å². The smallest absolute Gasteiger partial charge is 0.263 e. The number of phenols is 1. The van der Waals surface area contributed by atoms with E-state index in [-0.39, 0.29) is 17.7 Å². The van der Waals surface area contributed by atoms with Crippen LogP contribution < -0.4 is 5.32 Å². The quantitative estimate of drug-likeness (QED) is 0.876. The number of hydrogen-bond donors (Lipinski definition) is 2. The molecule has 1 aliphatic heterocycles. The molecular weight excluding hydrogens is 316 g/mol. The molecule has 1 aliphatic rings. The van der Waals surface area contributed by atoms with E-state index in [0.717, 1.165) is 5.56 Å². The normalized spacial score (nSPS) is 16.4. The molecule has 122 valence electrons. The van der Waals surface area contributed by atoms with Gasteiger partial charge in [0.05, 0.1) is 19.4 Å². The summed E-state index contributed by atoms with van der Waals surface area (Å²) in [6, 6.07) is 6.97. The summed E-state index contributed by atoms with van der Waals surface area (Å²) in [4.78, 5) is 17.0. The number of thiazole rings is 1. The van der Waals surface area contributed by atoms with Crippen molar-refractivity contribution in [2.24, 2.45) is 0 Å². The van der Waals surface area contributed by atoms with Crippen LogP contribution in [0.5, 0.6) is 5.75 Å². The second kappa shape index (κ2) is 7.08. The molecule has 1 aromatic carbocycles. The molecule has 3 rings (SSSR count). The lowest BCUT2D eigenvalue weighted by atomic mass is 10.1. The highest BCUT2D eigenvalue weighted by atomic mass is 32.1. The third kappa shape index (κ3) is 4.07. The van der Waals surface area contributed by atoms with Crippen LogP contribution in [0.2, 0.25) is 0 Å². The van der Waals surface area contributed by atoms with Crippen molar-refractivity contribution in [3.63, 3.8) is 0 Å². The minimum atomic E-state index is -0.453. The van der Waals surface area contributed by atoms with Gasteiger partial charge in [-0.15, -0.1) is 11.3 Å². The fraction of sp³-hybridized carbons (Fsp3) is 0.375. The van der Waals surface area contributed by atoms with Crippen molar-refractivity contribution in [2.75, 3.05) is 13.2 Å².